The number of nitrogens with one attached hydrogen (secondary N) is 1. The quantitative estimate of drug-likeness (QED) is 0.811. The molecule has 1 unspecified atom stereocenters. The Kier molecular flexibility index (Phi) is 7.96. The van der Waals surface area contributed by atoms with E-state index in [1.165, 1.54) is 0 Å². The number of rotatable bonds is 7. The van der Waals surface area contributed by atoms with Crippen molar-refractivity contribution >= 4 is 35.6 Å². The van der Waals surface area contributed by atoms with Crippen LogP contribution in [0.3, 0.4) is 0 Å². The van der Waals surface area contributed by atoms with Gasteiger partial charge in [0.2, 0.25) is 5.89 Å². The Balaban J connectivity index is 0.00000242. The molecule has 0 radical (unpaired) electrons. The lowest BCUT2D eigenvalue weighted by Gasteiger charge is -2.07. The number of halogens is 3. The average molecular weight is 367 g/mol. The first-order valence-corrected chi connectivity index (χ1v) is 7.41. The molecular weight excluding hydrogens is 349 g/mol. The maximum Gasteiger partial charge on any atom is 0.230 e. The highest BCUT2D eigenvalue weighted by Gasteiger charge is 2.10. The average Bonchev–Trinajstić information content (AvgIpc) is 2.91. The lowest BCUT2D eigenvalue weighted by molar-refractivity contribution is 0.292. The zero-order chi connectivity index (χ0) is 15.2. The van der Waals surface area contributed by atoms with E-state index in [1.54, 1.807) is 18.2 Å². The Bertz CT molecular complexity index is 592. The molecule has 0 aliphatic carbocycles. The van der Waals surface area contributed by atoms with Gasteiger partial charge in [-0.3, -0.25) is 0 Å². The van der Waals surface area contributed by atoms with Crippen LogP contribution in [-0.2, 0) is 12.8 Å². The highest BCUT2D eigenvalue weighted by Crippen LogP contribution is 2.31. The van der Waals surface area contributed by atoms with Crippen molar-refractivity contribution in [1.29, 1.82) is 0 Å². The second-order valence-electron chi connectivity index (χ2n) is 4.65. The highest BCUT2D eigenvalue weighted by atomic mass is 35.5. The van der Waals surface area contributed by atoms with E-state index in [4.69, 9.17) is 32.5 Å². The van der Waals surface area contributed by atoms with Crippen LogP contribution < -0.4 is 10.1 Å². The Hall–Kier alpha value is -1.01. The van der Waals surface area contributed by atoms with E-state index in [9.17, 15) is 0 Å². The molecule has 1 aromatic carbocycles. The second kappa shape index (κ2) is 9.20. The maximum absolute atomic E-state index is 6.04. The third kappa shape index (κ3) is 5.32. The van der Waals surface area contributed by atoms with Gasteiger partial charge < -0.3 is 14.6 Å². The predicted molar refractivity (Wildman–Crippen MR) is 89.4 cm³/mol. The van der Waals surface area contributed by atoms with Gasteiger partial charge in [0.25, 0.3) is 0 Å². The fourth-order valence-corrected chi connectivity index (χ4v) is 2.04. The summed E-state index contributed by atoms with van der Waals surface area (Å²) >= 11 is 12.0. The van der Waals surface area contributed by atoms with Gasteiger partial charge in [-0.1, -0.05) is 34.4 Å². The number of aromatic nitrogens is 2. The summed E-state index contributed by atoms with van der Waals surface area (Å²) in [5.74, 6) is 1.78. The van der Waals surface area contributed by atoms with Crippen LogP contribution >= 0.6 is 35.6 Å². The summed E-state index contributed by atoms with van der Waals surface area (Å²) in [5, 5.41) is 7.94. The molecule has 2 aromatic rings. The molecule has 0 fully saturated rings. The summed E-state index contributed by atoms with van der Waals surface area (Å²) in [6.07, 6.45) is 1.24. The van der Waals surface area contributed by atoms with Crippen molar-refractivity contribution in [3.05, 3.63) is 40.0 Å². The summed E-state index contributed by atoms with van der Waals surface area (Å²) < 4.78 is 10.8. The molecule has 0 amide bonds. The molecule has 1 heterocycles. The highest BCUT2D eigenvalue weighted by molar-refractivity contribution is 6.42. The molecule has 1 aromatic heterocycles. The van der Waals surface area contributed by atoms with Crippen molar-refractivity contribution in [3.8, 4) is 5.75 Å². The van der Waals surface area contributed by atoms with Crippen molar-refractivity contribution in [2.75, 3.05) is 13.7 Å². The molecule has 0 saturated heterocycles. The van der Waals surface area contributed by atoms with Crippen LogP contribution in [-0.4, -0.2) is 29.8 Å². The van der Waals surface area contributed by atoms with Gasteiger partial charge in [0.15, 0.2) is 5.82 Å². The molecule has 1 atom stereocenters. The molecular formula is C14H18Cl3N3O2. The van der Waals surface area contributed by atoms with Gasteiger partial charge in [0, 0.05) is 12.5 Å². The van der Waals surface area contributed by atoms with Crippen LogP contribution in [0.25, 0.3) is 0 Å². The standard InChI is InChI=1S/C14H17Cl2N3O2.ClH/c1-9(17-2)8-12-18-13(21-19-12)6-7-20-11-5-3-4-10(15)14(11)16;/h3-5,9,17H,6-8H2,1-2H3;1H. The first kappa shape index (κ1) is 19.0. The van der Waals surface area contributed by atoms with Gasteiger partial charge in [-0.15, -0.1) is 12.4 Å². The predicted octanol–water partition coefficient (Wildman–Crippen LogP) is 3.57. The number of hydrogen-bond acceptors (Lipinski definition) is 5. The SMILES string of the molecule is CNC(C)Cc1noc(CCOc2cccc(Cl)c2Cl)n1.Cl. The van der Waals surface area contributed by atoms with Crippen LogP contribution in [0.2, 0.25) is 10.0 Å². The fourth-order valence-electron chi connectivity index (χ4n) is 1.69. The van der Waals surface area contributed by atoms with E-state index in [1.807, 2.05) is 7.05 Å². The smallest absolute Gasteiger partial charge is 0.230 e. The van der Waals surface area contributed by atoms with Crippen molar-refractivity contribution in [2.24, 2.45) is 0 Å². The van der Waals surface area contributed by atoms with Crippen molar-refractivity contribution in [3.63, 3.8) is 0 Å². The lowest BCUT2D eigenvalue weighted by atomic mass is 10.2. The first-order chi connectivity index (χ1) is 10.1. The minimum Gasteiger partial charge on any atom is -0.491 e. The van der Waals surface area contributed by atoms with Crippen LogP contribution in [0, 0.1) is 0 Å². The fraction of sp³-hybridized carbons (Fsp3) is 0.429. The number of ether oxygens (including phenoxy) is 1. The van der Waals surface area contributed by atoms with E-state index in [2.05, 4.69) is 22.4 Å². The van der Waals surface area contributed by atoms with Crippen molar-refractivity contribution < 1.29 is 9.26 Å². The molecule has 0 spiro atoms. The molecule has 122 valence electrons. The lowest BCUT2D eigenvalue weighted by Crippen LogP contribution is -2.24. The Morgan fingerprint density at radius 1 is 1.36 bits per heavy atom. The zero-order valence-electron chi connectivity index (χ0n) is 12.3. The third-order valence-corrected chi connectivity index (χ3v) is 3.78. The van der Waals surface area contributed by atoms with Crippen LogP contribution in [0.1, 0.15) is 18.6 Å². The normalized spacial score (nSPS) is 11.8. The molecule has 0 bridgehead atoms. The molecule has 8 heteroatoms. The Morgan fingerprint density at radius 3 is 2.86 bits per heavy atom. The molecule has 0 aliphatic heterocycles. The summed E-state index contributed by atoms with van der Waals surface area (Å²) in [4.78, 5) is 4.31. The number of hydrogen-bond donors (Lipinski definition) is 1. The number of nitrogens with zero attached hydrogens (tertiary/aromatic N) is 2. The van der Waals surface area contributed by atoms with Gasteiger partial charge in [-0.05, 0) is 26.1 Å². The van der Waals surface area contributed by atoms with Crippen LogP contribution in [0.4, 0.5) is 0 Å². The molecule has 1 N–H and O–H groups in total. The summed E-state index contributed by atoms with van der Waals surface area (Å²) in [5.41, 5.74) is 0. The van der Waals surface area contributed by atoms with Crippen molar-refractivity contribution in [1.82, 2.24) is 15.5 Å². The largest absolute Gasteiger partial charge is 0.491 e. The molecule has 2 rings (SSSR count). The zero-order valence-corrected chi connectivity index (χ0v) is 14.6. The summed E-state index contributed by atoms with van der Waals surface area (Å²) in [6, 6.07) is 5.57. The molecule has 0 aliphatic rings. The summed E-state index contributed by atoms with van der Waals surface area (Å²) in [6.45, 7) is 2.45. The van der Waals surface area contributed by atoms with Crippen LogP contribution in [0.5, 0.6) is 5.75 Å². The third-order valence-electron chi connectivity index (χ3n) is 2.98. The second-order valence-corrected chi connectivity index (χ2v) is 5.43. The van der Waals surface area contributed by atoms with Gasteiger partial charge in [0.1, 0.15) is 10.8 Å². The van der Waals surface area contributed by atoms with E-state index >= 15 is 0 Å². The van der Waals surface area contributed by atoms with Gasteiger partial charge >= 0.3 is 0 Å². The Labute approximate surface area is 145 Å². The molecule has 0 saturated carbocycles. The van der Waals surface area contributed by atoms with E-state index in [-0.39, 0.29) is 12.4 Å². The minimum atomic E-state index is 0. The van der Waals surface area contributed by atoms with E-state index < -0.39 is 0 Å². The van der Waals surface area contributed by atoms with Crippen LogP contribution in [0.15, 0.2) is 22.7 Å². The minimum absolute atomic E-state index is 0. The van der Waals surface area contributed by atoms with Gasteiger partial charge in [0.05, 0.1) is 18.1 Å². The van der Waals surface area contributed by atoms with Gasteiger partial charge in [-0.2, -0.15) is 4.98 Å². The molecule has 5 nitrogen and oxygen atoms in total. The molecule has 22 heavy (non-hydrogen) atoms. The number of likely N-dealkylation sites (N-methyl/N-ethyl adjacent to an activating group) is 1. The Morgan fingerprint density at radius 2 is 2.14 bits per heavy atom. The van der Waals surface area contributed by atoms with Gasteiger partial charge in [-0.25, -0.2) is 0 Å². The topological polar surface area (TPSA) is 60.2 Å². The summed E-state index contributed by atoms with van der Waals surface area (Å²) in [7, 11) is 1.90. The maximum atomic E-state index is 6.04. The first-order valence-electron chi connectivity index (χ1n) is 6.65. The number of benzene rings is 1. The monoisotopic (exact) mass is 365 g/mol. The van der Waals surface area contributed by atoms with Crippen molar-refractivity contribution in [2.45, 2.75) is 25.8 Å². The van der Waals surface area contributed by atoms with E-state index in [0.29, 0.717) is 46.6 Å². The van der Waals surface area contributed by atoms with E-state index in [0.717, 1.165) is 6.42 Å².